The fourth-order valence-electron chi connectivity index (χ4n) is 2.01. The second-order valence-electron chi connectivity index (χ2n) is 4.66. The van der Waals surface area contributed by atoms with E-state index in [0.29, 0.717) is 11.5 Å². The minimum atomic E-state index is -1.06. The molecule has 0 aliphatic carbocycles. The Bertz CT molecular complexity index is 948. The first-order valence-corrected chi connectivity index (χ1v) is 6.47. The Kier molecular flexibility index (Phi) is 3.38. The van der Waals surface area contributed by atoms with Gasteiger partial charge in [0.25, 0.3) is 5.56 Å². The zero-order valence-corrected chi connectivity index (χ0v) is 11.6. The average molecular weight is 298 g/mol. The molecule has 0 aliphatic heterocycles. The summed E-state index contributed by atoms with van der Waals surface area (Å²) in [6, 6.07) is 10.7. The maximum atomic E-state index is 13.4. The van der Waals surface area contributed by atoms with Gasteiger partial charge in [-0.2, -0.15) is 4.39 Å². The van der Waals surface area contributed by atoms with Crippen molar-refractivity contribution in [2.75, 3.05) is 0 Å². The topological polar surface area (TPSA) is 80.6 Å². The van der Waals surface area contributed by atoms with E-state index < -0.39 is 17.1 Å². The van der Waals surface area contributed by atoms with Gasteiger partial charge >= 0.3 is 5.69 Å². The molecular weight excluding hydrogens is 287 g/mol. The van der Waals surface area contributed by atoms with Gasteiger partial charge in [-0.05, 0) is 6.92 Å². The van der Waals surface area contributed by atoms with Crippen LogP contribution in [0.15, 0.2) is 52.2 Å². The third-order valence-corrected chi connectivity index (χ3v) is 3.02. The Morgan fingerprint density at radius 2 is 1.86 bits per heavy atom. The molecule has 0 radical (unpaired) electrons. The fraction of sp³-hybridized carbons (Fsp3) is 0.0667. The van der Waals surface area contributed by atoms with Gasteiger partial charge in [-0.3, -0.25) is 9.78 Å². The van der Waals surface area contributed by atoms with Gasteiger partial charge in [0.15, 0.2) is 5.82 Å². The third-order valence-electron chi connectivity index (χ3n) is 3.02. The lowest BCUT2D eigenvalue weighted by atomic mass is 10.2. The number of H-pyrrole nitrogens is 1. The maximum Gasteiger partial charge on any atom is 0.334 e. The molecule has 0 unspecified atom stereocenters. The van der Waals surface area contributed by atoms with E-state index in [9.17, 15) is 14.0 Å². The second kappa shape index (κ2) is 5.36. The Balaban J connectivity index is 2.21. The van der Waals surface area contributed by atoms with E-state index in [0.717, 1.165) is 16.3 Å². The lowest BCUT2D eigenvalue weighted by Gasteiger charge is -2.08. The minimum absolute atomic E-state index is 0.187. The van der Waals surface area contributed by atoms with Crippen LogP contribution in [0, 0.1) is 12.7 Å². The molecule has 110 valence electrons. The quantitative estimate of drug-likeness (QED) is 0.776. The Hall–Kier alpha value is -3.09. The van der Waals surface area contributed by atoms with E-state index in [1.807, 2.05) is 35.3 Å². The maximum absolute atomic E-state index is 13.4. The van der Waals surface area contributed by atoms with Crippen LogP contribution in [-0.2, 0) is 0 Å². The molecule has 2 aromatic heterocycles. The number of benzene rings is 1. The zero-order chi connectivity index (χ0) is 15.7. The standard InChI is InChI=1S/C15H11FN4O2/c1-9-7-12(20-8-11(16)14(21)19-15(20)22)18-13(17-9)10-5-3-2-4-6-10/h2-8H,1H3,(H,19,21,22). The lowest BCUT2D eigenvalue weighted by Crippen LogP contribution is -2.31. The van der Waals surface area contributed by atoms with Gasteiger partial charge in [-0.25, -0.2) is 19.3 Å². The van der Waals surface area contributed by atoms with Crippen molar-refractivity contribution in [2.24, 2.45) is 0 Å². The number of aryl methyl sites for hydroxylation is 1. The van der Waals surface area contributed by atoms with Crippen molar-refractivity contribution in [2.45, 2.75) is 6.92 Å². The number of aromatic nitrogens is 4. The highest BCUT2D eigenvalue weighted by molar-refractivity contribution is 5.55. The number of rotatable bonds is 2. The van der Waals surface area contributed by atoms with Crippen LogP contribution in [0.2, 0.25) is 0 Å². The van der Waals surface area contributed by atoms with Crippen molar-refractivity contribution in [3.05, 3.63) is 74.9 Å². The summed E-state index contributed by atoms with van der Waals surface area (Å²) in [5.74, 6) is -0.460. The summed E-state index contributed by atoms with van der Waals surface area (Å²) in [4.78, 5) is 33.4. The van der Waals surface area contributed by atoms with E-state index >= 15 is 0 Å². The number of hydrogen-bond acceptors (Lipinski definition) is 4. The van der Waals surface area contributed by atoms with Gasteiger partial charge < -0.3 is 0 Å². The van der Waals surface area contributed by atoms with E-state index in [-0.39, 0.29) is 5.82 Å². The molecule has 2 heterocycles. The van der Waals surface area contributed by atoms with Crippen LogP contribution >= 0.6 is 0 Å². The van der Waals surface area contributed by atoms with Crippen LogP contribution in [0.4, 0.5) is 4.39 Å². The molecule has 0 saturated carbocycles. The average Bonchev–Trinajstić information content (AvgIpc) is 2.51. The predicted octanol–water partition coefficient (Wildman–Crippen LogP) is 1.43. The molecule has 0 saturated heterocycles. The molecule has 0 aliphatic rings. The molecule has 3 aromatic rings. The van der Waals surface area contributed by atoms with Crippen molar-refractivity contribution in [1.29, 1.82) is 0 Å². The van der Waals surface area contributed by atoms with Gasteiger partial charge in [0.05, 0.1) is 6.20 Å². The van der Waals surface area contributed by atoms with Crippen molar-refractivity contribution < 1.29 is 4.39 Å². The highest BCUT2D eigenvalue weighted by atomic mass is 19.1. The van der Waals surface area contributed by atoms with Gasteiger partial charge in [0, 0.05) is 17.3 Å². The van der Waals surface area contributed by atoms with Crippen molar-refractivity contribution in [1.82, 2.24) is 19.5 Å². The Morgan fingerprint density at radius 1 is 1.14 bits per heavy atom. The van der Waals surface area contributed by atoms with Crippen LogP contribution in [0.3, 0.4) is 0 Å². The Morgan fingerprint density at radius 3 is 2.59 bits per heavy atom. The second-order valence-corrected chi connectivity index (χ2v) is 4.66. The fourth-order valence-corrected chi connectivity index (χ4v) is 2.01. The first-order valence-electron chi connectivity index (χ1n) is 6.47. The number of nitrogens with zero attached hydrogens (tertiary/aromatic N) is 3. The summed E-state index contributed by atoms with van der Waals surface area (Å²) in [6.07, 6.45) is 0.817. The van der Waals surface area contributed by atoms with Crippen LogP contribution in [0.25, 0.3) is 17.2 Å². The third kappa shape index (κ3) is 2.56. The molecule has 0 bridgehead atoms. The predicted molar refractivity (Wildman–Crippen MR) is 78.4 cm³/mol. The summed E-state index contributed by atoms with van der Waals surface area (Å²) in [7, 11) is 0. The molecule has 0 amide bonds. The lowest BCUT2D eigenvalue weighted by molar-refractivity contribution is 0.585. The summed E-state index contributed by atoms with van der Waals surface area (Å²) in [5.41, 5.74) is -0.438. The summed E-state index contributed by atoms with van der Waals surface area (Å²) < 4.78 is 14.4. The monoisotopic (exact) mass is 298 g/mol. The largest absolute Gasteiger partial charge is 0.334 e. The summed E-state index contributed by atoms with van der Waals surface area (Å²) >= 11 is 0. The molecule has 0 atom stereocenters. The summed E-state index contributed by atoms with van der Waals surface area (Å²) in [6.45, 7) is 1.74. The SMILES string of the molecule is Cc1cc(-n2cc(F)c(=O)[nH]c2=O)nc(-c2ccccc2)n1. The Labute approximate surface area is 123 Å². The first-order chi connectivity index (χ1) is 10.5. The van der Waals surface area contributed by atoms with Crippen LogP contribution < -0.4 is 11.2 Å². The highest BCUT2D eigenvalue weighted by Gasteiger charge is 2.10. The minimum Gasteiger partial charge on any atom is -0.271 e. The molecule has 6 nitrogen and oxygen atoms in total. The number of aromatic amines is 1. The zero-order valence-electron chi connectivity index (χ0n) is 11.6. The number of halogens is 1. The molecule has 22 heavy (non-hydrogen) atoms. The molecule has 3 rings (SSSR count). The van der Waals surface area contributed by atoms with Gasteiger partial charge in [-0.1, -0.05) is 30.3 Å². The first kappa shape index (κ1) is 13.9. The van der Waals surface area contributed by atoms with Crippen LogP contribution in [-0.4, -0.2) is 19.5 Å². The molecule has 1 aromatic carbocycles. The molecule has 7 heteroatoms. The smallest absolute Gasteiger partial charge is 0.271 e. The van der Waals surface area contributed by atoms with Crippen molar-refractivity contribution in [3.63, 3.8) is 0 Å². The van der Waals surface area contributed by atoms with Gasteiger partial charge in [0.1, 0.15) is 5.82 Å². The van der Waals surface area contributed by atoms with E-state index in [1.54, 1.807) is 6.92 Å². The number of nitrogens with one attached hydrogen (secondary N) is 1. The molecular formula is C15H11FN4O2. The number of hydrogen-bond donors (Lipinski definition) is 1. The van der Waals surface area contributed by atoms with Crippen LogP contribution in [0.5, 0.6) is 0 Å². The van der Waals surface area contributed by atoms with Crippen LogP contribution in [0.1, 0.15) is 5.69 Å². The molecule has 1 N–H and O–H groups in total. The molecule has 0 spiro atoms. The van der Waals surface area contributed by atoms with Crippen molar-refractivity contribution in [3.8, 4) is 17.2 Å². The molecule has 0 fully saturated rings. The summed E-state index contributed by atoms with van der Waals surface area (Å²) in [5, 5.41) is 0. The van der Waals surface area contributed by atoms with Gasteiger partial charge in [0.2, 0.25) is 5.82 Å². The van der Waals surface area contributed by atoms with E-state index in [4.69, 9.17) is 0 Å². The normalized spacial score (nSPS) is 10.6. The highest BCUT2D eigenvalue weighted by Crippen LogP contribution is 2.16. The van der Waals surface area contributed by atoms with Crippen molar-refractivity contribution >= 4 is 0 Å². The van der Waals surface area contributed by atoms with Gasteiger partial charge in [-0.15, -0.1) is 0 Å². The van der Waals surface area contributed by atoms with E-state index in [1.165, 1.54) is 6.07 Å². The van der Waals surface area contributed by atoms with E-state index in [2.05, 4.69) is 9.97 Å².